The van der Waals surface area contributed by atoms with Gasteiger partial charge in [0.05, 0.1) is 17.3 Å². The summed E-state index contributed by atoms with van der Waals surface area (Å²) < 4.78 is 47.2. The molecule has 1 aliphatic heterocycles. The fraction of sp³-hybridized carbons (Fsp3) is 0.435. The normalized spacial score (nSPS) is 20.5. The molecule has 5 rings (SSSR count). The summed E-state index contributed by atoms with van der Waals surface area (Å²) in [6.07, 6.45) is -1.58. The van der Waals surface area contributed by atoms with Crippen molar-refractivity contribution in [2.24, 2.45) is 11.3 Å². The Morgan fingerprint density at radius 1 is 1.09 bits per heavy atom. The van der Waals surface area contributed by atoms with Gasteiger partial charge in [-0.15, -0.1) is 0 Å². The molecule has 2 fully saturated rings. The lowest BCUT2D eigenvalue weighted by molar-refractivity contribution is -0.137. The molecule has 1 atom stereocenters. The lowest BCUT2D eigenvalue weighted by Gasteiger charge is -2.32. The first-order valence-corrected chi connectivity index (χ1v) is 11.4. The van der Waals surface area contributed by atoms with Crippen LogP contribution in [-0.2, 0) is 24.1 Å². The number of likely N-dealkylation sites (tertiary alicyclic amines) is 1. The minimum Gasteiger partial charge on any atom is -0.352 e. The van der Waals surface area contributed by atoms with Crippen molar-refractivity contribution in [3.63, 3.8) is 0 Å². The third kappa shape index (κ3) is 4.36. The summed E-state index contributed by atoms with van der Waals surface area (Å²) in [6, 6.07) is 11.3. The molecule has 0 bridgehead atoms. The van der Waals surface area contributed by atoms with Gasteiger partial charge in [0.1, 0.15) is 11.0 Å². The van der Waals surface area contributed by atoms with Gasteiger partial charge in [-0.25, -0.2) is 0 Å². The third-order valence-electron chi connectivity index (χ3n) is 6.80. The Morgan fingerprint density at radius 2 is 1.88 bits per heavy atom. The highest BCUT2D eigenvalue weighted by molar-refractivity contribution is 7.00. The molecule has 1 saturated carbocycles. The number of nitrogens with zero attached hydrogens (tertiary/aromatic N) is 3. The topological polar surface area (TPSA) is 58.1 Å². The van der Waals surface area contributed by atoms with E-state index in [4.69, 9.17) is 0 Å². The van der Waals surface area contributed by atoms with Gasteiger partial charge in [-0.05, 0) is 73.2 Å². The number of carbonyl (C=O) groups is 1. The molecule has 1 spiro atoms. The number of piperidine rings is 1. The van der Waals surface area contributed by atoms with Crippen molar-refractivity contribution >= 4 is 28.7 Å². The predicted octanol–water partition coefficient (Wildman–Crippen LogP) is 4.63. The highest BCUT2D eigenvalue weighted by Crippen LogP contribution is 2.59. The largest absolute Gasteiger partial charge is 0.416 e. The van der Waals surface area contributed by atoms with Crippen molar-refractivity contribution in [1.82, 2.24) is 19.0 Å². The van der Waals surface area contributed by atoms with Crippen molar-refractivity contribution in [3.05, 3.63) is 59.2 Å². The molecule has 1 aliphatic carbocycles. The summed E-state index contributed by atoms with van der Waals surface area (Å²) >= 11 is 1.22. The second-order valence-electron chi connectivity index (χ2n) is 8.90. The molecule has 2 aromatic carbocycles. The van der Waals surface area contributed by atoms with E-state index in [1.165, 1.54) is 23.4 Å². The van der Waals surface area contributed by atoms with Crippen molar-refractivity contribution in [2.75, 3.05) is 13.1 Å². The summed E-state index contributed by atoms with van der Waals surface area (Å²) in [6.45, 7) is 2.85. The van der Waals surface area contributed by atoms with Crippen LogP contribution in [0.4, 0.5) is 13.2 Å². The maximum absolute atomic E-state index is 12.9. The number of carbonyl (C=O) groups excluding carboxylic acids is 1. The number of nitrogens with one attached hydrogen (secondary N) is 1. The van der Waals surface area contributed by atoms with Crippen LogP contribution in [0.5, 0.6) is 0 Å². The summed E-state index contributed by atoms with van der Waals surface area (Å²) in [5.74, 6) is -0.0785. The van der Waals surface area contributed by atoms with E-state index in [0.29, 0.717) is 5.56 Å². The summed E-state index contributed by atoms with van der Waals surface area (Å²) in [7, 11) is 0. The Kier molecular flexibility index (Phi) is 5.41. The molecule has 1 amide bonds. The van der Waals surface area contributed by atoms with Gasteiger partial charge in [0.15, 0.2) is 0 Å². The summed E-state index contributed by atoms with van der Waals surface area (Å²) in [4.78, 5) is 15.1. The monoisotopic (exact) mass is 460 g/mol. The van der Waals surface area contributed by atoms with E-state index in [1.54, 1.807) is 6.07 Å². The van der Waals surface area contributed by atoms with Crippen LogP contribution in [0.3, 0.4) is 0 Å². The van der Waals surface area contributed by atoms with Gasteiger partial charge in [0.2, 0.25) is 5.91 Å². The van der Waals surface area contributed by atoms with E-state index >= 15 is 0 Å². The number of fused-ring (bicyclic) bond motifs is 1. The summed E-state index contributed by atoms with van der Waals surface area (Å²) in [5, 5.41) is 2.84. The highest BCUT2D eigenvalue weighted by Gasteiger charge is 2.58. The first-order chi connectivity index (χ1) is 15.3. The predicted molar refractivity (Wildman–Crippen MR) is 116 cm³/mol. The quantitative estimate of drug-likeness (QED) is 0.603. The number of rotatable bonds is 5. The van der Waals surface area contributed by atoms with E-state index in [0.717, 1.165) is 62.1 Å². The molecule has 0 radical (unpaired) electrons. The average Bonchev–Trinajstić information content (AvgIpc) is 3.27. The molecule has 168 valence electrons. The minimum absolute atomic E-state index is 0.0344. The molecule has 1 saturated heterocycles. The Balaban J connectivity index is 1.12. The van der Waals surface area contributed by atoms with Gasteiger partial charge in [-0.1, -0.05) is 18.2 Å². The first-order valence-electron chi connectivity index (χ1n) is 10.7. The van der Waals surface area contributed by atoms with Crippen LogP contribution in [0.1, 0.15) is 36.0 Å². The summed E-state index contributed by atoms with van der Waals surface area (Å²) in [5.41, 5.74) is 2.90. The second-order valence-corrected chi connectivity index (χ2v) is 9.43. The third-order valence-corrected chi connectivity index (χ3v) is 7.36. The smallest absolute Gasteiger partial charge is 0.352 e. The maximum Gasteiger partial charge on any atom is 0.416 e. The lowest BCUT2D eigenvalue weighted by Crippen LogP contribution is -2.36. The van der Waals surface area contributed by atoms with Crippen LogP contribution in [-0.4, -0.2) is 32.6 Å². The Hall–Kier alpha value is -2.52. The molecule has 5 nitrogen and oxygen atoms in total. The molecule has 1 N–H and O–H groups in total. The van der Waals surface area contributed by atoms with Gasteiger partial charge < -0.3 is 5.32 Å². The number of halogens is 3. The van der Waals surface area contributed by atoms with Crippen LogP contribution in [0, 0.1) is 11.3 Å². The minimum atomic E-state index is -4.38. The zero-order valence-electron chi connectivity index (χ0n) is 17.4. The molecular weight excluding hydrogens is 437 g/mol. The van der Waals surface area contributed by atoms with Crippen molar-refractivity contribution in [3.8, 4) is 0 Å². The first kappa shape index (κ1) is 21.3. The lowest BCUT2D eigenvalue weighted by atomic mass is 9.90. The number of benzene rings is 2. The molecule has 0 unspecified atom stereocenters. The van der Waals surface area contributed by atoms with Crippen LogP contribution in [0.2, 0.25) is 0 Å². The molecule has 2 aliphatic rings. The van der Waals surface area contributed by atoms with Crippen LogP contribution in [0.15, 0.2) is 42.5 Å². The molecule has 1 aromatic heterocycles. The van der Waals surface area contributed by atoms with Crippen molar-refractivity contribution in [2.45, 2.75) is 38.5 Å². The fourth-order valence-electron chi connectivity index (χ4n) is 4.78. The highest BCUT2D eigenvalue weighted by atomic mass is 32.1. The van der Waals surface area contributed by atoms with E-state index in [1.807, 2.05) is 6.07 Å². The van der Waals surface area contributed by atoms with Gasteiger partial charge in [0.25, 0.3) is 0 Å². The van der Waals surface area contributed by atoms with Crippen molar-refractivity contribution in [1.29, 1.82) is 0 Å². The zero-order valence-corrected chi connectivity index (χ0v) is 18.2. The number of amides is 1. The van der Waals surface area contributed by atoms with E-state index < -0.39 is 11.7 Å². The molecular formula is C23H23F3N4OS. The Labute approximate surface area is 188 Å². The molecule has 9 heteroatoms. The van der Waals surface area contributed by atoms with Crippen molar-refractivity contribution < 1.29 is 18.0 Å². The van der Waals surface area contributed by atoms with Crippen LogP contribution in [0.25, 0.3) is 11.0 Å². The molecule has 3 aromatic rings. The SMILES string of the molecule is O=C(NCc1cccc(C(F)(F)F)c1)[C@@H]1CC12CCN(Cc1ccc3nsnc3c1)CC2. The number of alkyl halides is 3. The molecule has 32 heavy (non-hydrogen) atoms. The maximum atomic E-state index is 12.9. The van der Waals surface area contributed by atoms with Gasteiger partial charge in [-0.2, -0.15) is 21.9 Å². The van der Waals surface area contributed by atoms with E-state index in [9.17, 15) is 18.0 Å². The fourth-order valence-corrected chi connectivity index (χ4v) is 5.30. The van der Waals surface area contributed by atoms with Crippen LogP contribution < -0.4 is 5.32 Å². The van der Waals surface area contributed by atoms with Gasteiger partial charge in [0, 0.05) is 19.0 Å². The second kappa shape index (κ2) is 8.12. The number of hydrogen-bond donors (Lipinski definition) is 1. The van der Waals surface area contributed by atoms with E-state index in [2.05, 4.69) is 31.1 Å². The van der Waals surface area contributed by atoms with Gasteiger partial charge >= 0.3 is 6.18 Å². The average molecular weight is 461 g/mol. The van der Waals surface area contributed by atoms with Crippen LogP contribution >= 0.6 is 11.7 Å². The van der Waals surface area contributed by atoms with E-state index in [-0.39, 0.29) is 23.8 Å². The number of hydrogen-bond acceptors (Lipinski definition) is 5. The Bertz CT molecular complexity index is 1140. The zero-order chi connectivity index (χ0) is 22.3. The molecule has 2 heterocycles. The number of aromatic nitrogens is 2. The Morgan fingerprint density at radius 3 is 2.66 bits per heavy atom. The standard InChI is InChI=1S/C23H23F3N4OS/c24-23(25,26)17-3-1-2-15(10-17)13-27-21(31)18-12-22(18)6-8-30(9-7-22)14-16-4-5-19-20(11-16)29-32-28-19/h1-5,10-11,18H,6-9,12-14H2,(H,27,31)/t18-/m0/s1. The van der Waals surface area contributed by atoms with Gasteiger partial charge in [-0.3, -0.25) is 9.69 Å².